The van der Waals surface area contributed by atoms with Crippen molar-refractivity contribution in [1.29, 1.82) is 0 Å². The number of anilines is 1. The standard InChI is InChI=1S/C10H14BrN3O/c11-9-2-1-3-13-10(9)14-7-8-6-12-4-5-15-8/h1-3,8,12H,4-7H2,(H,13,14). The molecule has 1 fully saturated rings. The number of halogens is 1. The zero-order chi connectivity index (χ0) is 10.5. The van der Waals surface area contributed by atoms with Crippen LogP contribution in [0.25, 0.3) is 0 Å². The molecule has 0 aliphatic carbocycles. The van der Waals surface area contributed by atoms with Gasteiger partial charge in [-0.2, -0.15) is 0 Å². The summed E-state index contributed by atoms with van der Waals surface area (Å²) in [6.07, 6.45) is 2.00. The topological polar surface area (TPSA) is 46.2 Å². The molecular weight excluding hydrogens is 258 g/mol. The van der Waals surface area contributed by atoms with Gasteiger partial charge >= 0.3 is 0 Å². The molecule has 0 spiro atoms. The summed E-state index contributed by atoms with van der Waals surface area (Å²) in [6.45, 7) is 3.42. The summed E-state index contributed by atoms with van der Waals surface area (Å²) >= 11 is 3.44. The first-order chi connectivity index (χ1) is 7.36. The van der Waals surface area contributed by atoms with Crippen LogP contribution in [0, 0.1) is 0 Å². The molecule has 1 aromatic heterocycles. The molecule has 1 atom stereocenters. The van der Waals surface area contributed by atoms with Gasteiger partial charge in [0.15, 0.2) is 0 Å². The van der Waals surface area contributed by atoms with Crippen molar-refractivity contribution in [1.82, 2.24) is 10.3 Å². The summed E-state index contributed by atoms with van der Waals surface area (Å²) in [5.74, 6) is 0.867. The highest BCUT2D eigenvalue weighted by atomic mass is 79.9. The number of hydrogen-bond acceptors (Lipinski definition) is 4. The van der Waals surface area contributed by atoms with E-state index in [0.29, 0.717) is 0 Å². The Labute approximate surface area is 97.6 Å². The molecule has 1 aliphatic heterocycles. The van der Waals surface area contributed by atoms with Crippen LogP contribution in [0.1, 0.15) is 0 Å². The normalized spacial score (nSPS) is 21.3. The van der Waals surface area contributed by atoms with Gasteiger partial charge in [-0.3, -0.25) is 0 Å². The van der Waals surface area contributed by atoms with Crippen molar-refractivity contribution in [2.24, 2.45) is 0 Å². The Morgan fingerprint density at radius 3 is 3.33 bits per heavy atom. The predicted molar refractivity (Wildman–Crippen MR) is 63.0 cm³/mol. The molecule has 2 heterocycles. The average molecular weight is 272 g/mol. The molecule has 15 heavy (non-hydrogen) atoms. The van der Waals surface area contributed by atoms with Gasteiger partial charge in [-0.15, -0.1) is 0 Å². The molecule has 0 bridgehead atoms. The van der Waals surface area contributed by atoms with Gasteiger partial charge in [0.2, 0.25) is 0 Å². The summed E-state index contributed by atoms with van der Waals surface area (Å²) < 4.78 is 6.55. The Morgan fingerprint density at radius 2 is 2.60 bits per heavy atom. The van der Waals surface area contributed by atoms with Crippen molar-refractivity contribution < 1.29 is 4.74 Å². The molecule has 1 aromatic rings. The van der Waals surface area contributed by atoms with Crippen LogP contribution >= 0.6 is 15.9 Å². The number of nitrogens with one attached hydrogen (secondary N) is 2. The van der Waals surface area contributed by atoms with E-state index in [1.54, 1.807) is 6.20 Å². The van der Waals surface area contributed by atoms with E-state index in [1.165, 1.54) is 0 Å². The highest BCUT2D eigenvalue weighted by molar-refractivity contribution is 9.10. The van der Waals surface area contributed by atoms with Gasteiger partial charge in [-0.05, 0) is 28.1 Å². The van der Waals surface area contributed by atoms with Crippen LogP contribution in [-0.2, 0) is 4.74 Å². The van der Waals surface area contributed by atoms with Crippen LogP contribution in [0.3, 0.4) is 0 Å². The van der Waals surface area contributed by atoms with Crippen LogP contribution in [0.2, 0.25) is 0 Å². The van der Waals surface area contributed by atoms with Gasteiger partial charge in [-0.25, -0.2) is 4.98 Å². The zero-order valence-corrected chi connectivity index (χ0v) is 9.96. The lowest BCUT2D eigenvalue weighted by atomic mass is 10.3. The largest absolute Gasteiger partial charge is 0.374 e. The van der Waals surface area contributed by atoms with Crippen molar-refractivity contribution >= 4 is 21.7 Å². The fourth-order valence-electron chi connectivity index (χ4n) is 1.48. The van der Waals surface area contributed by atoms with Gasteiger partial charge in [0.1, 0.15) is 5.82 Å². The predicted octanol–water partition coefficient (Wildman–Crippen LogP) is 1.24. The molecule has 1 saturated heterocycles. The third kappa shape index (κ3) is 3.15. The van der Waals surface area contributed by atoms with Gasteiger partial charge in [-0.1, -0.05) is 0 Å². The minimum absolute atomic E-state index is 0.229. The van der Waals surface area contributed by atoms with E-state index in [9.17, 15) is 0 Å². The van der Waals surface area contributed by atoms with Crippen LogP contribution in [-0.4, -0.2) is 37.3 Å². The van der Waals surface area contributed by atoms with Crippen molar-refractivity contribution in [3.63, 3.8) is 0 Å². The number of rotatable bonds is 3. The molecule has 0 aromatic carbocycles. The minimum atomic E-state index is 0.229. The van der Waals surface area contributed by atoms with Gasteiger partial charge in [0, 0.05) is 25.8 Å². The van der Waals surface area contributed by atoms with Gasteiger partial charge < -0.3 is 15.4 Å². The molecule has 4 nitrogen and oxygen atoms in total. The maximum absolute atomic E-state index is 5.57. The summed E-state index contributed by atoms with van der Waals surface area (Å²) in [5, 5.41) is 6.55. The minimum Gasteiger partial charge on any atom is -0.374 e. The Hall–Kier alpha value is -0.650. The van der Waals surface area contributed by atoms with Crippen molar-refractivity contribution in [3.05, 3.63) is 22.8 Å². The average Bonchev–Trinajstić information content (AvgIpc) is 2.29. The highest BCUT2D eigenvalue weighted by Crippen LogP contribution is 2.18. The van der Waals surface area contributed by atoms with Crippen LogP contribution < -0.4 is 10.6 Å². The van der Waals surface area contributed by atoms with Crippen molar-refractivity contribution in [2.75, 3.05) is 31.6 Å². The second-order valence-electron chi connectivity index (χ2n) is 3.41. The first-order valence-electron chi connectivity index (χ1n) is 5.03. The Kier molecular flexibility index (Phi) is 3.94. The summed E-state index contributed by atoms with van der Waals surface area (Å²) in [4.78, 5) is 4.23. The monoisotopic (exact) mass is 271 g/mol. The number of ether oxygens (including phenoxy) is 1. The molecular formula is C10H14BrN3O. The highest BCUT2D eigenvalue weighted by Gasteiger charge is 2.13. The molecule has 1 unspecified atom stereocenters. The molecule has 0 radical (unpaired) electrons. The number of hydrogen-bond donors (Lipinski definition) is 2. The quantitative estimate of drug-likeness (QED) is 0.869. The lowest BCUT2D eigenvalue weighted by molar-refractivity contribution is 0.0372. The summed E-state index contributed by atoms with van der Waals surface area (Å²) in [6, 6.07) is 3.86. The molecule has 0 amide bonds. The van der Waals surface area contributed by atoms with E-state index in [1.807, 2.05) is 12.1 Å². The number of aromatic nitrogens is 1. The smallest absolute Gasteiger partial charge is 0.140 e. The molecule has 82 valence electrons. The van der Waals surface area contributed by atoms with E-state index in [4.69, 9.17) is 4.74 Å². The lowest BCUT2D eigenvalue weighted by Crippen LogP contribution is -2.42. The summed E-state index contributed by atoms with van der Waals surface area (Å²) in [5.41, 5.74) is 0. The number of morpholine rings is 1. The third-order valence-electron chi connectivity index (χ3n) is 2.26. The number of nitrogens with zero attached hydrogens (tertiary/aromatic N) is 1. The van der Waals surface area contributed by atoms with Crippen LogP contribution in [0.15, 0.2) is 22.8 Å². The molecule has 0 saturated carbocycles. The second-order valence-corrected chi connectivity index (χ2v) is 4.27. The second kappa shape index (κ2) is 5.44. The van der Waals surface area contributed by atoms with Crippen molar-refractivity contribution in [2.45, 2.75) is 6.10 Å². The Balaban J connectivity index is 1.84. The lowest BCUT2D eigenvalue weighted by Gasteiger charge is -2.24. The fraction of sp³-hybridized carbons (Fsp3) is 0.500. The van der Waals surface area contributed by atoms with Crippen LogP contribution in [0.5, 0.6) is 0 Å². The van der Waals surface area contributed by atoms with E-state index in [-0.39, 0.29) is 6.10 Å². The molecule has 1 aliphatic rings. The van der Waals surface area contributed by atoms with Gasteiger partial charge in [0.05, 0.1) is 17.2 Å². The maximum atomic E-state index is 5.57. The fourth-order valence-corrected chi connectivity index (χ4v) is 1.87. The number of pyridine rings is 1. The molecule has 2 rings (SSSR count). The zero-order valence-electron chi connectivity index (χ0n) is 8.37. The third-order valence-corrected chi connectivity index (χ3v) is 2.90. The van der Waals surface area contributed by atoms with E-state index in [0.717, 1.165) is 36.5 Å². The van der Waals surface area contributed by atoms with E-state index in [2.05, 4.69) is 31.5 Å². The van der Waals surface area contributed by atoms with E-state index >= 15 is 0 Å². The van der Waals surface area contributed by atoms with E-state index < -0.39 is 0 Å². The van der Waals surface area contributed by atoms with Crippen molar-refractivity contribution in [3.8, 4) is 0 Å². The molecule has 5 heteroatoms. The maximum Gasteiger partial charge on any atom is 0.140 e. The Morgan fingerprint density at radius 1 is 1.67 bits per heavy atom. The SMILES string of the molecule is Brc1cccnc1NCC1CNCCO1. The first kappa shape index (κ1) is 10.9. The molecule has 2 N–H and O–H groups in total. The summed E-state index contributed by atoms with van der Waals surface area (Å²) in [7, 11) is 0. The Bertz CT molecular complexity index is 315. The first-order valence-corrected chi connectivity index (χ1v) is 5.82. The van der Waals surface area contributed by atoms with Crippen LogP contribution in [0.4, 0.5) is 5.82 Å². The van der Waals surface area contributed by atoms with Gasteiger partial charge in [0.25, 0.3) is 0 Å².